The third-order valence-corrected chi connectivity index (χ3v) is 6.76. The molecule has 4 rings (SSSR count). The topological polar surface area (TPSA) is 65.5 Å². The molecule has 1 atom stereocenters. The highest BCUT2D eigenvalue weighted by atomic mass is 16.2. The van der Waals surface area contributed by atoms with Crippen molar-refractivity contribution in [1.82, 2.24) is 20.1 Å². The maximum atomic E-state index is 13.1. The number of piperazine rings is 1. The molecule has 0 aromatic carbocycles. The summed E-state index contributed by atoms with van der Waals surface area (Å²) in [6.07, 6.45) is 9.75. The molecule has 3 fully saturated rings. The van der Waals surface area contributed by atoms with Crippen molar-refractivity contribution in [2.24, 2.45) is 11.8 Å². The van der Waals surface area contributed by atoms with Crippen LogP contribution in [0.5, 0.6) is 0 Å². The Morgan fingerprint density at radius 3 is 2.39 bits per heavy atom. The molecule has 0 bridgehead atoms. The van der Waals surface area contributed by atoms with Crippen molar-refractivity contribution in [3.63, 3.8) is 0 Å². The first-order chi connectivity index (χ1) is 13.7. The van der Waals surface area contributed by atoms with Crippen molar-refractivity contribution in [3.05, 3.63) is 30.1 Å². The Bertz CT molecular complexity index is 662. The molecule has 2 heterocycles. The number of amides is 2. The van der Waals surface area contributed by atoms with Gasteiger partial charge in [-0.3, -0.25) is 19.5 Å². The summed E-state index contributed by atoms with van der Waals surface area (Å²) < 4.78 is 0. The number of carbonyl (C=O) groups excluding carboxylic acids is 2. The number of nitrogens with one attached hydrogen (secondary N) is 1. The Kier molecular flexibility index (Phi) is 6.25. The molecular weight excluding hydrogens is 352 g/mol. The number of aromatic nitrogens is 1. The van der Waals surface area contributed by atoms with Crippen molar-refractivity contribution in [2.75, 3.05) is 26.2 Å². The van der Waals surface area contributed by atoms with Crippen molar-refractivity contribution in [2.45, 2.75) is 57.5 Å². The fraction of sp³-hybridized carbons (Fsp3) is 0.682. The normalized spacial score (nSPS) is 22.6. The number of carbonyl (C=O) groups is 2. The third kappa shape index (κ3) is 4.37. The van der Waals surface area contributed by atoms with Crippen LogP contribution in [0.4, 0.5) is 0 Å². The maximum absolute atomic E-state index is 13.1. The van der Waals surface area contributed by atoms with E-state index < -0.39 is 0 Å². The number of hydrogen-bond donors (Lipinski definition) is 1. The van der Waals surface area contributed by atoms with Gasteiger partial charge in [-0.2, -0.15) is 0 Å². The molecule has 1 N–H and O–H groups in total. The van der Waals surface area contributed by atoms with Crippen molar-refractivity contribution >= 4 is 11.8 Å². The summed E-state index contributed by atoms with van der Waals surface area (Å²) in [5.74, 6) is 1.15. The molecule has 6 nitrogen and oxygen atoms in total. The molecule has 6 heteroatoms. The molecule has 1 aliphatic heterocycles. The Morgan fingerprint density at radius 2 is 1.79 bits per heavy atom. The minimum atomic E-state index is -0.0767. The van der Waals surface area contributed by atoms with Gasteiger partial charge in [-0.15, -0.1) is 0 Å². The zero-order chi connectivity index (χ0) is 19.3. The van der Waals surface area contributed by atoms with Gasteiger partial charge >= 0.3 is 0 Å². The van der Waals surface area contributed by atoms with Crippen LogP contribution in [0.2, 0.25) is 0 Å². The maximum Gasteiger partial charge on any atom is 0.237 e. The van der Waals surface area contributed by atoms with Crippen LogP contribution in [0.15, 0.2) is 24.4 Å². The van der Waals surface area contributed by atoms with Crippen molar-refractivity contribution in [1.29, 1.82) is 0 Å². The first-order valence-corrected chi connectivity index (χ1v) is 10.9. The molecule has 2 amide bonds. The SMILES string of the molecule is O=C(NCc1ccccn1)C(C1CCCC1)N1CCN(C(=O)C2CCC2)CC1. The summed E-state index contributed by atoms with van der Waals surface area (Å²) in [5, 5.41) is 3.12. The van der Waals surface area contributed by atoms with Gasteiger partial charge in [0.1, 0.15) is 0 Å². The fourth-order valence-electron chi connectivity index (χ4n) is 4.87. The lowest BCUT2D eigenvalue weighted by Crippen LogP contribution is -2.58. The minimum Gasteiger partial charge on any atom is -0.349 e. The van der Waals surface area contributed by atoms with Gasteiger partial charge in [-0.1, -0.05) is 25.3 Å². The lowest BCUT2D eigenvalue weighted by Gasteiger charge is -2.42. The summed E-state index contributed by atoms with van der Waals surface area (Å²) in [6, 6.07) is 5.70. The molecular formula is C22H32N4O2. The van der Waals surface area contributed by atoms with Crippen LogP contribution in [0.25, 0.3) is 0 Å². The van der Waals surface area contributed by atoms with Gasteiger partial charge < -0.3 is 10.2 Å². The quantitative estimate of drug-likeness (QED) is 0.817. The van der Waals surface area contributed by atoms with E-state index in [-0.39, 0.29) is 17.9 Å². The Morgan fingerprint density at radius 1 is 1.04 bits per heavy atom. The highest BCUT2D eigenvalue weighted by Crippen LogP contribution is 2.32. The lowest BCUT2D eigenvalue weighted by atomic mass is 9.84. The second-order valence-corrected chi connectivity index (χ2v) is 8.52. The molecule has 1 unspecified atom stereocenters. The Labute approximate surface area is 167 Å². The molecule has 0 spiro atoms. The zero-order valence-electron chi connectivity index (χ0n) is 16.7. The van der Waals surface area contributed by atoms with Crippen LogP contribution >= 0.6 is 0 Å². The first-order valence-electron chi connectivity index (χ1n) is 10.9. The van der Waals surface area contributed by atoms with E-state index in [4.69, 9.17) is 0 Å². The summed E-state index contributed by atoms with van der Waals surface area (Å²) in [5.41, 5.74) is 0.886. The predicted octanol–water partition coefficient (Wildman–Crippen LogP) is 2.20. The monoisotopic (exact) mass is 384 g/mol. The largest absolute Gasteiger partial charge is 0.349 e. The average molecular weight is 385 g/mol. The summed E-state index contributed by atoms with van der Waals surface area (Å²) in [4.78, 5) is 34.3. The van der Waals surface area contributed by atoms with Gasteiger partial charge in [0.05, 0.1) is 18.3 Å². The number of pyridine rings is 1. The molecule has 1 aromatic rings. The molecule has 1 aromatic heterocycles. The van der Waals surface area contributed by atoms with Crippen LogP contribution in [-0.2, 0) is 16.1 Å². The molecule has 1 saturated heterocycles. The van der Waals surface area contributed by atoms with E-state index in [1.54, 1.807) is 6.20 Å². The van der Waals surface area contributed by atoms with Gasteiger partial charge in [0.15, 0.2) is 0 Å². The summed E-state index contributed by atoms with van der Waals surface area (Å²) in [7, 11) is 0. The van der Waals surface area contributed by atoms with Gasteiger partial charge in [0, 0.05) is 38.3 Å². The van der Waals surface area contributed by atoms with Crippen LogP contribution in [0, 0.1) is 11.8 Å². The van der Waals surface area contributed by atoms with E-state index in [2.05, 4.69) is 15.2 Å². The fourth-order valence-corrected chi connectivity index (χ4v) is 4.87. The molecule has 152 valence electrons. The van der Waals surface area contributed by atoms with E-state index in [9.17, 15) is 9.59 Å². The van der Waals surface area contributed by atoms with Crippen LogP contribution in [-0.4, -0.2) is 58.8 Å². The first kappa shape index (κ1) is 19.4. The van der Waals surface area contributed by atoms with Crippen LogP contribution < -0.4 is 5.32 Å². The predicted molar refractivity (Wildman–Crippen MR) is 107 cm³/mol. The van der Waals surface area contributed by atoms with Gasteiger partial charge in [-0.05, 0) is 43.7 Å². The van der Waals surface area contributed by atoms with Crippen molar-refractivity contribution in [3.8, 4) is 0 Å². The summed E-state index contributed by atoms with van der Waals surface area (Å²) in [6.45, 7) is 3.59. The Balaban J connectivity index is 1.36. The number of rotatable bonds is 6. The molecule has 28 heavy (non-hydrogen) atoms. The summed E-state index contributed by atoms with van der Waals surface area (Å²) >= 11 is 0. The smallest absolute Gasteiger partial charge is 0.237 e. The number of hydrogen-bond acceptors (Lipinski definition) is 4. The molecule has 2 saturated carbocycles. The number of nitrogens with zero attached hydrogens (tertiary/aromatic N) is 3. The van der Waals surface area contributed by atoms with Crippen LogP contribution in [0.1, 0.15) is 50.6 Å². The third-order valence-electron chi connectivity index (χ3n) is 6.76. The molecule has 0 radical (unpaired) electrons. The van der Waals surface area contributed by atoms with E-state index in [0.29, 0.717) is 18.4 Å². The highest BCUT2D eigenvalue weighted by molar-refractivity contribution is 5.82. The standard InChI is InChI=1S/C22H32N4O2/c27-21(24-16-19-10-3-4-11-23-19)20(17-6-1-2-7-17)25-12-14-26(15-13-25)22(28)18-8-5-9-18/h3-4,10-11,17-18,20H,1-2,5-9,12-16H2,(H,24,27). The van der Waals surface area contributed by atoms with E-state index in [0.717, 1.165) is 57.6 Å². The van der Waals surface area contributed by atoms with E-state index in [1.807, 2.05) is 23.1 Å². The van der Waals surface area contributed by atoms with Gasteiger partial charge in [0.25, 0.3) is 0 Å². The zero-order valence-corrected chi connectivity index (χ0v) is 16.7. The Hall–Kier alpha value is -1.95. The average Bonchev–Trinajstić information content (AvgIpc) is 3.21. The van der Waals surface area contributed by atoms with Crippen molar-refractivity contribution < 1.29 is 9.59 Å². The molecule has 2 aliphatic carbocycles. The lowest BCUT2D eigenvalue weighted by molar-refractivity contribution is -0.141. The second-order valence-electron chi connectivity index (χ2n) is 8.52. The molecule has 3 aliphatic rings. The van der Waals surface area contributed by atoms with E-state index in [1.165, 1.54) is 19.3 Å². The van der Waals surface area contributed by atoms with Gasteiger partial charge in [0.2, 0.25) is 11.8 Å². The second kappa shape index (κ2) is 9.03. The van der Waals surface area contributed by atoms with Crippen LogP contribution in [0.3, 0.4) is 0 Å². The van der Waals surface area contributed by atoms with Gasteiger partial charge in [-0.25, -0.2) is 0 Å². The van der Waals surface area contributed by atoms with E-state index >= 15 is 0 Å². The minimum absolute atomic E-state index is 0.0767. The highest BCUT2D eigenvalue weighted by Gasteiger charge is 2.38.